The van der Waals surface area contributed by atoms with Crippen molar-refractivity contribution in [2.45, 2.75) is 52.0 Å². The maximum absolute atomic E-state index is 12.7. The second-order valence-electron chi connectivity index (χ2n) is 8.05. The Morgan fingerprint density at radius 3 is 2.45 bits per heavy atom. The monoisotopic (exact) mass is 463 g/mol. The molecule has 1 aliphatic heterocycles. The Morgan fingerprint density at radius 1 is 1.34 bits per heavy atom. The first-order valence-electron chi connectivity index (χ1n) is 9.11. The summed E-state index contributed by atoms with van der Waals surface area (Å²) in [5, 5.41) is 0.629. The van der Waals surface area contributed by atoms with Crippen LogP contribution < -0.4 is 15.6 Å². The Morgan fingerprint density at radius 2 is 1.93 bits per heavy atom. The molecule has 0 unspecified atom stereocenters. The van der Waals surface area contributed by atoms with Crippen molar-refractivity contribution < 1.29 is 19.0 Å². The summed E-state index contributed by atoms with van der Waals surface area (Å²) in [6, 6.07) is 2.96. The summed E-state index contributed by atoms with van der Waals surface area (Å²) in [5.74, 6) is 0.318. The number of amides is 1. The fourth-order valence-corrected chi connectivity index (χ4v) is 3.70. The van der Waals surface area contributed by atoms with Crippen molar-refractivity contribution >= 4 is 46.5 Å². The lowest BCUT2D eigenvalue weighted by Gasteiger charge is -2.35. The Bertz CT molecular complexity index is 760. The van der Waals surface area contributed by atoms with E-state index in [2.05, 4.69) is 10.9 Å². The molecule has 29 heavy (non-hydrogen) atoms. The summed E-state index contributed by atoms with van der Waals surface area (Å²) in [4.78, 5) is 14.7. The number of thiocarbonyl (C=S) groups is 1. The molecule has 0 bridgehead atoms. The van der Waals surface area contributed by atoms with E-state index < -0.39 is 17.4 Å². The van der Waals surface area contributed by atoms with Crippen LogP contribution in [0.2, 0.25) is 10.0 Å². The van der Waals surface area contributed by atoms with E-state index in [4.69, 9.17) is 49.6 Å². The van der Waals surface area contributed by atoms with Crippen molar-refractivity contribution in [1.29, 1.82) is 0 Å². The summed E-state index contributed by atoms with van der Waals surface area (Å²) in [7, 11) is 1.70. The van der Waals surface area contributed by atoms with E-state index in [1.165, 1.54) is 0 Å². The molecule has 0 aromatic heterocycles. The van der Waals surface area contributed by atoms with Gasteiger partial charge in [-0.15, -0.1) is 0 Å². The molecule has 0 saturated carbocycles. The molecule has 162 valence electrons. The van der Waals surface area contributed by atoms with E-state index in [9.17, 15) is 4.79 Å². The summed E-state index contributed by atoms with van der Waals surface area (Å²) in [6.07, 6.45) is -0.468. The van der Waals surface area contributed by atoms with Gasteiger partial charge in [0, 0.05) is 12.6 Å². The zero-order valence-electron chi connectivity index (χ0n) is 17.4. The van der Waals surface area contributed by atoms with Gasteiger partial charge in [0.1, 0.15) is 22.9 Å². The van der Waals surface area contributed by atoms with Crippen LogP contribution in [0.1, 0.15) is 40.2 Å². The summed E-state index contributed by atoms with van der Waals surface area (Å²) >= 11 is 17.9. The van der Waals surface area contributed by atoms with Crippen LogP contribution in [-0.2, 0) is 9.47 Å². The van der Waals surface area contributed by atoms with Crippen LogP contribution in [0.3, 0.4) is 0 Å². The van der Waals surface area contributed by atoms with Crippen molar-refractivity contribution in [3.05, 3.63) is 27.7 Å². The normalized spacial score (nSPS) is 18.5. The van der Waals surface area contributed by atoms with Crippen LogP contribution in [0.15, 0.2) is 12.1 Å². The van der Waals surface area contributed by atoms with Gasteiger partial charge in [-0.3, -0.25) is 4.90 Å². The van der Waals surface area contributed by atoms with E-state index in [1.54, 1.807) is 37.9 Å². The molecular formula is C19H27Cl2N3O4S. The molecule has 10 heteroatoms. The minimum Gasteiger partial charge on any atom is -0.488 e. The molecule has 1 aromatic rings. The average molecular weight is 464 g/mol. The number of carbonyl (C=O) groups is 1. The van der Waals surface area contributed by atoms with E-state index in [0.29, 0.717) is 33.0 Å². The maximum Gasteiger partial charge on any atom is 0.413 e. The molecule has 7 nitrogen and oxygen atoms in total. The van der Waals surface area contributed by atoms with Gasteiger partial charge in [-0.25, -0.2) is 10.2 Å². The van der Waals surface area contributed by atoms with Gasteiger partial charge < -0.3 is 19.6 Å². The Hall–Kier alpha value is -1.32. The predicted molar refractivity (Wildman–Crippen MR) is 118 cm³/mol. The molecule has 1 fully saturated rings. The quantitative estimate of drug-likeness (QED) is 0.501. The lowest BCUT2D eigenvalue weighted by Crippen LogP contribution is -2.51. The molecule has 1 amide bonds. The highest BCUT2D eigenvalue weighted by Gasteiger charge is 2.46. The van der Waals surface area contributed by atoms with Gasteiger partial charge in [-0.2, -0.15) is 0 Å². The van der Waals surface area contributed by atoms with Crippen LogP contribution in [0.5, 0.6) is 5.75 Å². The first kappa shape index (κ1) is 24.0. The molecule has 0 radical (unpaired) electrons. The molecule has 2 rings (SSSR count). The Kier molecular flexibility index (Phi) is 7.62. The first-order chi connectivity index (χ1) is 13.4. The van der Waals surface area contributed by atoms with Crippen LogP contribution in [0.25, 0.3) is 0 Å². The summed E-state index contributed by atoms with van der Waals surface area (Å²) < 4.78 is 17.2. The fraction of sp³-hybridized carbons (Fsp3) is 0.579. The number of halogens is 2. The van der Waals surface area contributed by atoms with Crippen LogP contribution in [-0.4, -0.2) is 53.6 Å². The molecular weight excluding hydrogens is 437 g/mol. The molecule has 0 spiro atoms. The number of hydrogen-bond donors (Lipinski definition) is 2. The van der Waals surface area contributed by atoms with Crippen molar-refractivity contribution in [3.8, 4) is 5.75 Å². The minimum atomic E-state index is -0.821. The second-order valence-corrected chi connectivity index (χ2v) is 9.27. The second kappa shape index (κ2) is 9.22. The minimum absolute atomic E-state index is 0.140. The number of benzene rings is 1. The number of carbonyl (C=O) groups excluding carboxylic acids is 1. The van der Waals surface area contributed by atoms with E-state index in [-0.39, 0.29) is 12.6 Å². The van der Waals surface area contributed by atoms with Crippen molar-refractivity contribution in [2.24, 2.45) is 0 Å². The zero-order chi connectivity index (χ0) is 22.0. The van der Waals surface area contributed by atoms with Gasteiger partial charge in [0.15, 0.2) is 5.75 Å². The SMILES string of the molecule is CNNC(=S)c1cc(Cl)c(OC[C@H]2COC(C)(C)N2C(=O)OC(C)(C)C)c(Cl)c1. The van der Waals surface area contributed by atoms with Crippen molar-refractivity contribution in [3.63, 3.8) is 0 Å². The van der Waals surface area contributed by atoms with E-state index >= 15 is 0 Å². The van der Waals surface area contributed by atoms with E-state index in [0.717, 1.165) is 0 Å². The van der Waals surface area contributed by atoms with Gasteiger partial charge in [0.25, 0.3) is 0 Å². The standard InChI is InChI=1S/C19H27Cl2N3O4S/c1-18(2,3)28-17(25)24-12(10-27-19(24,4)5)9-26-15-13(20)7-11(8-14(15)21)16(29)23-22-6/h7-8,12,22H,9-10H2,1-6H3,(H,23,29)/t12-/m0/s1. The Labute approximate surface area is 186 Å². The lowest BCUT2D eigenvalue weighted by molar-refractivity contribution is -0.0637. The number of hydrazine groups is 1. The number of nitrogens with one attached hydrogen (secondary N) is 2. The zero-order valence-corrected chi connectivity index (χ0v) is 19.7. The van der Waals surface area contributed by atoms with Gasteiger partial charge >= 0.3 is 6.09 Å². The number of hydrogen-bond acceptors (Lipinski definition) is 6. The number of rotatable bonds is 5. The molecule has 1 atom stereocenters. The number of ether oxygens (including phenoxy) is 3. The van der Waals surface area contributed by atoms with E-state index in [1.807, 2.05) is 20.8 Å². The largest absolute Gasteiger partial charge is 0.488 e. The van der Waals surface area contributed by atoms with Gasteiger partial charge in [0.05, 0.1) is 22.7 Å². The Balaban J connectivity index is 2.15. The highest BCUT2D eigenvalue weighted by atomic mass is 35.5. The third kappa shape index (κ3) is 6.08. The molecule has 2 N–H and O–H groups in total. The third-order valence-electron chi connectivity index (χ3n) is 4.08. The summed E-state index contributed by atoms with van der Waals surface area (Å²) in [6.45, 7) is 9.50. The van der Waals surface area contributed by atoms with Crippen molar-refractivity contribution in [1.82, 2.24) is 15.8 Å². The number of nitrogens with zero attached hydrogens (tertiary/aromatic N) is 1. The third-order valence-corrected chi connectivity index (χ3v) is 4.98. The lowest BCUT2D eigenvalue weighted by atomic mass is 10.2. The van der Waals surface area contributed by atoms with Gasteiger partial charge in [0.2, 0.25) is 0 Å². The smallest absolute Gasteiger partial charge is 0.413 e. The molecule has 1 saturated heterocycles. The predicted octanol–water partition coefficient (Wildman–Crippen LogP) is 4.14. The first-order valence-corrected chi connectivity index (χ1v) is 10.3. The fourth-order valence-electron chi connectivity index (χ4n) is 2.88. The molecule has 1 aromatic carbocycles. The van der Waals surface area contributed by atoms with Crippen LogP contribution in [0, 0.1) is 0 Å². The van der Waals surface area contributed by atoms with Gasteiger partial charge in [-0.1, -0.05) is 35.4 Å². The summed E-state index contributed by atoms with van der Waals surface area (Å²) in [5.41, 5.74) is 4.76. The van der Waals surface area contributed by atoms with Crippen LogP contribution >= 0.6 is 35.4 Å². The molecule has 1 heterocycles. The highest BCUT2D eigenvalue weighted by molar-refractivity contribution is 7.80. The van der Waals surface area contributed by atoms with Crippen LogP contribution in [0.4, 0.5) is 4.79 Å². The topological polar surface area (TPSA) is 72.1 Å². The maximum atomic E-state index is 12.7. The average Bonchev–Trinajstić information content (AvgIpc) is 2.87. The van der Waals surface area contributed by atoms with Gasteiger partial charge in [-0.05, 0) is 46.8 Å². The molecule has 0 aliphatic carbocycles. The molecule has 1 aliphatic rings. The highest BCUT2D eigenvalue weighted by Crippen LogP contribution is 2.36. The van der Waals surface area contributed by atoms with Crippen molar-refractivity contribution in [2.75, 3.05) is 20.3 Å².